The number of anilines is 1. The van der Waals surface area contributed by atoms with Crippen molar-refractivity contribution in [3.8, 4) is 11.8 Å². The fraction of sp³-hybridized carbons (Fsp3) is 0.286. The zero-order valence-electron chi connectivity index (χ0n) is 14.6. The van der Waals surface area contributed by atoms with E-state index in [0.717, 1.165) is 18.4 Å². The normalized spacial score (nSPS) is 21.8. The second kappa shape index (κ2) is 8.22. The standard InChI is InChI=1S/C21H20Cl2N2O2/c22-16-4-1-3-14(11-16)8-10-21(27)9-2-5-17(13-21)25-20(26)15-6-7-18(23)19(24)12-15/h1,3-4,6-7,11-12,17,27H,2,5,9,13,24H2,(H,25,26)/t17-,21?/m0/s1. The van der Waals surface area contributed by atoms with Gasteiger partial charge in [-0.15, -0.1) is 0 Å². The van der Waals surface area contributed by atoms with E-state index in [0.29, 0.717) is 34.1 Å². The molecule has 1 aliphatic rings. The summed E-state index contributed by atoms with van der Waals surface area (Å²) in [4.78, 5) is 12.5. The highest BCUT2D eigenvalue weighted by Crippen LogP contribution is 2.28. The SMILES string of the molecule is Nc1cc(C(=O)N[C@H]2CCCC(O)(C#Cc3cccc(Cl)c3)C2)ccc1Cl. The summed E-state index contributed by atoms with van der Waals surface area (Å²) in [5, 5.41) is 14.8. The third-order valence-corrected chi connectivity index (χ3v) is 5.16. The van der Waals surface area contributed by atoms with Crippen molar-refractivity contribution in [2.75, 3.05) is 5.73 Å². The molecule has 1 aliphatic carbocycles. The number of halogens is 2. The van der Waals surface area contributed by atoms with Crippen molar-refractivity contribution in [1.82, 2.24) is 5.32 Å². The molecule has 140 valence electrons. The maximum absolute atomic E-state index is 12.5. The number of hydrogen-bond acceptors (Lipinski definition) is 3. The van der Waals surface area contributed by atoms with Gasteiger partial charge in [-0.1, -0.05) is 41.1 Å². The van der Waals surface area contributed by atoms with Crippen LogP contribution in [-0.2, 0) is 0 Å². The number of amides is 1. The highest BCUT2D eigenvalue weighted by atomic mass is 35.5. The molecule has 0 radical (unpaired) electrons. The Morgan fingerprint density at radius 3 is 2.81 bits per heavy atom. The fourth-order valence-electron chi connectivity index (χ4n) is 3.20. The average molecular weight is 403 g/mol. The molecule has 0 aromatic heterocycles. The second-order valence-corrected chi connectivity index (χ2v) is 7.64. The van der Waals surface area contributed by atoms with Crippen LogP contribution in [-0.4, -0.2) is 22.7 Å². The zero-order valence-corrected chi connectivity index (χ0v) is 16.1. The number of rotatable bonds is 2. The Kier molecular flexibility index (Phi) is 5.96. The lowest BCUT2D eigenvalue weighted by atomic mass is 9.82. The van der Waals surface area contributed by atoms with E-state index in [1.807, 2.05) is 12.1 Å². The summed E-state index contributed by atoms with van der Waals surface area (Å²) in [6, 6.07) is 11.8. The fourth-order valence-corrected chi connectivity index (χ4v) is 3.51. The number of carbonyl (C=O) groups is 1. The molecular weight excluding hydrogens is 383 g/mol. The molecule has 0 heterocycles. The maximum Gasteiger partial charge on any atom is 0.251 e. The summed E-state index contributed by atoms with van der Waals surface area (Å²) in [5.41, 5.74) is 6.17. The van der Waals surface area contributed by atoms with Gasteiger partial charge in [0.05, 0.1) is 10.7 Å². The Balaban J connectivity index is 1.68. The van der Waals surface area contributed by atoms with Crippen molar-refractivity contribution in [1.29, 1.82) is 0 Å². The topological polar surface area (TPSA) is 75.4 Å². The Bertz CT molecular complexity index is 920. The molecule has 2 aromatic rings. The third-order valence-electron chi connectivity index (χ3n) is 4.58. The highest BCUT2D eigenvalue weighted by molar-refractivity contribution is 6.33. The molecule has 1 amide bonds. The van der Waals surface area contributed by atoms with Gasteiger partial charge >= 0.3 is 0 Å². The first kappa shape index (κ1) is 19.6. The van der Waals surface area contributed by atoms with E-state index in [1.54, 1.807) is 30.3 Å². The molecule has 1 fully saturated rings. The number of nitrogen functional groups attached to an aromatic ring is 1. The molecule has 2 atom stereocenters. The Morgan fingerprint density at radius 1 is 1.26 bits per heavy atom. The van der Waals surface area contributed by atoms with E-state index in [2.05, 4.69) is 17.2 Å². The number of aliphatic hydroxyl groups is 1. The zero-order chi connectivity index (χ0) is 19.4. The van der Waals surface area contributed by atoms with Gasteiger partial charge in [0.1, 0.15) is 5.60 Å². The monoisotopic (exact) mass is 402 g/mol. The van der Waals surface area contributed by atoms with Gasteiger partial charge in [0, 0.05) is 28.6 Å². The number of nitrogens with two attached hydrogens (primary N) is 1. The van der Waals surface area contributed by atoms with Crippen molar-refractivity contribution in [2.45, 2.75) is 37.3 Å². The van der Waals surface area contributed by atoms with Crippen LogP contribution in [0.4, 0.5) is 5.69 Å². The van der Waals surface area contributed by atoms with Gasteiger partial charge in [-0.3, -0.25) is 4.79 Å². The van der Waals surface area contributed by atoms with Gasteiger partial charge in [0.25, 0.3) is 5.91 Å². The lowest BCUT2D eigenvalue weighted by molar-refractivity contribution is 0.0452. The van der Waals surface area contributed by atoms with Gasteiger partial charge in [-0.25, -0.2) is 0 Å². The number of nitrogens with one attached hydrogen (secondary N) is 1. The molecule has 1 saturated carbocycles. The molecule has 1 unspecified atom stereocenters. The van der Waals surface area contributed by atoms with Crippen LogP contribution in [0.2, 0.25) is 10.0 Å². The average Bonchev–Trinajstić information content (AvgIpc) is 2.62. The van der Waals surface area contributed by atoms with E-state index in [-0.39, 0.29) is 11.9 Å². The minimum Gasteiger partial charge on any atom is -0.398 e. The van der Waals surface area contributed by atoms with Gasteiger partial charge in [0.2, 0.25) is 0 Å². The van der Waals surface area contributed by atoms with Crippen molar-refractivity contribution in [2.24, 2.45) is 0 Å². The van der Waals surface area contributed by atoms with Gasteiger partial charge in [-0.05, 0) is 55.7 Å². The first-order valence-corrected chi connectivity index (χ1v) is 9.47. The predicted octanol–water partition coefficient (Wildman–Crippen LogP) is 4.03. The third kappa shape index (κ3) is 5.17. The molecule has 0 saturated heterocycles. The number of benzene rings is 2. The van der Waals surface area contributed by atoms with Crippen LogP contribution < -0.4 is 11.1 Å². The maximum atomic E-state index is 12.5. The van der Waals surface area contributed by atoms with E-state index in [9.17, 15) is 9.90 Å². The summed E-state index contributed by atoms with van der Waals surface area (Å²) in [6.45, 7) is 0. The van der Waals surface area contributed by atoms with E-state index in [4.69, 9.17) is 28.9 Å². The van der Waals surface area contributed by atoms with Crippen LogP contribution >= 0.6 is 23.2 Å². The molecule has 27 heavy (non-hydrogen) atoms. The smallest absolute Gasteiger partial charge is 0.251 e. The highest BCUT2D eigenvalue weighted by Gasteiger charge is 2.33. The predicted molar refractivity (Wildman–Crippen MR) is 109 cm³/mol. The summed E-state index contributed by atoms with van der Waals surface area (Å²) in [6.07, 6.45) is 2.50. The number of carbonyl (C=O) groups excluding carboxylic acids is 1. The van der Waals surface area contributed by atoms with Crippen molar-refractivity contribution >= 4 is 34.8 Å². The van der Waals surface area contributed by atoms with E-state index >= 15 is 0 Å². The molecule has 0 spiro atoms. The van der Waals surface area contributed by atoms with Gasteiger partial charge < -0.3 is 16.2 Å². The summed E-state index contributed by atoms with van der Waals surface area (Å²) < 4.78 is 0. The van der Waals surface area contributed by atoms with Crippen LogP contribution in [0.1, 0.15) is 41.6 Å². The first-order chi connectivity index (χ1) is 12.8. The van der Waals surface area contributed by atoms with Crippen LogP contribution in [0.15, 0.2) is 42.5 Å². The van der Waals surface area contributed by atoms with Crippen LogP contribution in [0.3, 0.4) is 0 Å². The molecule has 6 heteroatoms. The minimum atomic E-state index is -1.14. The molecule has 2 aromatic carbocycles. The molecule has 0 aliphatic heterocycles. The van der Waals surface area contributed by atoms with E-state index < -0.39 is 5.60 Å². The Labute approximate surface area is 168 Å². The van der Waals surface area contributed by atoms with Gasteiger partial charge in [0.15, 0.2) is 0 Å². The molecule has 4 nitrogen and oxygen atoms in total. The molecular formula is C21H20Cl2N2O2. The Morgan fingerprint density at radius 2 is 2.07 bits per heavy atom. The molecule has 3 rings (SSSR count). The van der Waals surface area contributed by atoms with Crippen molar-refractivity contribution < 1.29 is 9.90 Å². The summed E-state index contributed by atoms with van der Waals surface area (Å²) in [7, 11) is 0. The Hall–Kier alpha value is -2.19. The summed E-state index contributed by atoms with van der Waals surface area (Å²) >= 11 is 11.9. The minimum absolute atomic E-state index is 0.165. The quantitative estimate of drug-likeness (QED) is 0.524. The van der Waals surface area contributed by atoms with Crippen LogP contribution in [0.5, 0.6) is 0 Å². The molecule has 4 N–H and O–H groups in total. The van der Waals surface area contributed by atoms with Crippen LogP contribution in [0.25, 0.3) is 0 Å². The lowest BCUT2D eigenvalue weighted by Gasteiger charge is -2.33. The first-order valence-electron chi connectivity index (χ1n) is 8.72. The lowest BCUT2D eigenvalue weighted by Crippen LogP contribution is -2.45. The largest absolute Gasteiger partial charge is 0.398 e. The van der Waals surface area contributed by atoms with Crippen molar-refractivity contribution in [3.63, 3.8) is 0 Å². The number of hydrogen-bond donors (Lipinski definition) is 3. The van der Waals surface area contributed by atoms with Crippen molar-refractivity contribution in [3.05, 3.63) is 63.6 Å². The summed E-state index contributed by atoms with van der Waals surface area (Å²) in [5.74, 6) is 5.71. The molecule has 0 bridgehead atoms. The van der Waals surface area contributed by atoms with Crippen LogP contribution in [0, 0.1) is 11.8 Å². The van der Waals surface area contributed by atoms with E-state index in [1.165, 1.54) is 0 Å². The van der Waals surface area contributed by atoms with Gasteiger partial charge in [-0.2, -0.15) is 0 Å². The second-order valence-electron chi connectivity index (χ2n) is 6.79.